The molecule has 0 saturated carbocycles. The maximum atomic E-state index is 13.0. The number of amides is 1. The van der Waals surface area contributed by atoms with Crippen LogP contribution in [-0.2, 0) is 17.9 Å². The standard InChI is InChI=1S/C25H26BrN3O3/c1-17(2)32-20-10-7-18(8-11-20)16-27-24(30)6-4-14-29-23-15-19(26)9-12-21(23)28-13-3-5-22(28)25(29)31/h3,5,7-13,15,17H,4,6,14,16H2,1-2H3,(H,27,30). The number of rotatable bonds is 8. The second kappa shape index (κ2) is 9.61. The number of carbonyl (C=O) groups is 1. The second-order valence-corrected chi connectivity index (χ2v) is 8.96. The van der Waals surface area contributed by atoms with Crippen molar-refractivity contribution in [2.24, 2.45) is 0 Å². The Balaban J connectivity index is 1.39. The van der Waals surface area contributed by atoms with E-state index in [1.165, 1.54) is 0 Å². The fourth-order valence-electron chi connectivity index (χ4n) is 3.80. The van der Waals surface area contributed by atoms with Crippen molar-refractivity contribution in [1.82, 2.24) is 14.3 Å². The number of hydrogen-bond donors (Lipinski definition) is 1. The Kier molecular flexibility index (Phi) is 6.65. The van der Waals surface area contributed by atoms with Crippen molar-refractivity contribution >= 4 is 38.4 Å². The monoisotopic (exact) mass is 495 g/mol. The first-order valence-electron chi connectivity index (χ1n) is 10.7. The van der Waals surface area contributed by atoms with Crippen molar-refractivity contribution in [2.75, 3.05) is 0 Å². The number of nitrogens with one attached hydrogen (secondary N) is 1. The lowest BCUT2D eigenvalue weighted by Gasteiger charge is -2.13. The summed E-state index contributed by atoms with van der Waals surface area (Å²) in [5.41, 5.74) is 3.40. The zero-order chi connectivity index (χ0) is 22.7. The van der Waals surface area contributed by atoms with Crippen molar-refractivity contribution in [3.8, 4) is 5.75 Å². The van der Waals surface area contributed by atoms with Gasteiger partial charge in [-0.25, -0.2) is 0 Å². The summed E-state index contributed by atoms with van der Waals surface area (Å²) in [4.78, 5) is 25.4. The normalized spacial score (nSPS) is 11.4. The van der Waals surface area contributed by atoms with Gasteiger partial charge in [0.25, 0.3) is 5.56 Å². The fraction of sp³-hybridized carbons (Fsp3) is 0.280. The van der Waals surface area contributed by atoms with Gasteiger partial charge in [0.15, 0.2) is 0 Å². The van der Waals surface area contributed by atoms with Crippen molar-refractivity contribution in [3.05, 3.63) is 81.2 Å². The Morgan fingerprint density at radius 2 is 1.84 bits per heavy atom. The molecule has 0 unspecified atom stereocenters. The van der Waals surface area contributed by atoms with Gasteiger partial charge in [0, 0.05) is 30.2 Å². The number of nitrogens with zero attached hydrogens (tertiary/aromatic N) is 2. The highest BCUT2D eigenvalue weighted by molar-refractivity contribution is 9.10. The second-order valence-electron chi connectivity index (χ2n) is 8.04. The smallest absolute Gasteiger partial charge is 0.275 e. The van der Waals surface area contributed by atoms with Crippen LogP contribution in [0.3, 0.4) is 0 Å². The number of benzene rings is 2. The molecule has 2 aromatic heterocycles. The van der Waals surface area contributed by atoms with Gasteiger partial charge in [-0.3, -0.25) is 9.59 Å². The van der Waals surface area contributed by atoms with E-state index >= 15 is 0 Å². The highest BCUT2D eigenvalue weighted by Gasteiger charge is 2.11. The van der Waals surface area contributed by atoms with Gasteiger partial charge in [-0.1, -0.05) is 28.1 Å². The Hall–Kier alpha value is -3.06. The number of aryl methyl sites for hydroxylation is 1. The molecule has 0 radical (unpaired) electrons. The SMILES string of the molecule is CC(C)Oc1ccc(CNC(=O)CCCn2c(=O)c3cccn3c3ccc(Br)cc32)cc1. The van der Waals surface area contributed by atoms with Gasteiger partial charge in [0.1, 0.15) is 11.3 Å². The van der Waals surface area contributed by atoms with Crippen LogP contribution in [0.25, 0.3) is 16.6 Å². The lowest BCUT2D eigenvalue weighted by Crippen LogP contribution is -2.25. The van der Waals surface area contributed by atoms with E-state index in [1.807, 2.05) is 79.0 Å². The van der Waals surface area contributed by atoms with E-state index in [0.717, 1.165) is 26.8 Å². The summed E-state index contributed by atoms with van der Waals surface area (Å²) in [6.45, 7) is 4.91. The number of carbonyl (C=O) groups excluding carboxylic acids is 1. The van der Waals surface area contributed by atoms with Crippen LogP contribution >= 0.6 is 15.9 Å². The minimum atomic E-state index is -0.0512. The van der Waals surface area contributed by atoms with Crippen LogP contribution in [0.5, 0.6) is 5.75 Å². The lowest BCUT2D eigenvalue weighted by atomic mass is 10.2. The molecule has 4 rings (SSSR count). The van der Waals surface area contributed by atoms with Gasteiger partial charge in [0.05, 0.1) is 17.1 Å². The van der Waals surface area contributed by atoms with E-state index in [-0.39, 0.29) is 17.6 Å². The molecular weight excluding hydrogens is 470 g/mol. The van der Waals surface area contributed by atoms with E-state index in [0.29, 0.717) is 31.4 Å². The molecule has 6 nitrogen and oxygen atoms in total. The topological polar surface area (TPSA) is 64.7 Å². The molecule has 0 saturated heterocycles. The third kappa shape index (κ3) is 4.88. The molecule has 32 heavy (non-hydrogen) atoms. The van der Waals surface area contributed by atoms with Crippen LogP contribution in [0.2, 0.25) is 0 Å². The number of halogens is 1. The minimum absolute atomic E-state index is 0.0326. The summed E-state index contributed by atoms with van der Waals surface area (Å²) in [6, 6.07) is 17.3. The van der Waals surface area contributed by atoms with Crippen molar-refractivity contribution in [3.63, 3.8) is 0 Å². The van der Waals surface area contributed by atoms with Crippen LogP contribution in [0, 0.1) is 0 Å². The number of ether oxygens (including phenoxy) is 1. The largest absolute Gasteiger partial charge is 0.491 e. The highest BCUT2D eigenvalue weighted by Crippen LogP contribution is 2.21. The predicted molar refractivity (Wildman–Crippen MR) is 130 cm³/mol. The summed E-state index contributed by atoms with van der Waals surface area (Å²) < 4.78 is 10.2. The zero-order valence-electron chi connectivity index (χ0n) is 18.2. The van der Waals surface area contributed by atoms with Crippen molar-refractivity contribution < 1.29 is 9.53 Å². The van der Waals surface area contributed by atoms with Gasteiger partial charge in [-0.15, -0.1) is 0 Å². The highest BCUT2D eigenvalue weighted by atomic mass is 79.9. The first-order valence-corrected chi connectivity index (χ1v) is 11.5. The first kappa shape index (κ1) is 22.1. The lowest BCUT2D eigenvalue weighted by molar-refractivity contribution is -0.121. The van der Waals surface area contributed by atoms with Crippen LogP contribution in [-0.4, -0.2) is 21.0 Å². The van der Waals surface area contributed by atoms with Crippen molar-refractivity contribution in [1.29, 1.82) is 0 Å². The van der Waals surface area contributed by atoms with Gasteiger partial charge >= 0.3 is 0 Å². The van der Waals surface area contributed by atoms with E-state index in [9.17, 15) is 9.59 Å². The number of aromatic nitrogens is 2. The summed E-state index contributed by atoms with van der Waals surface area (Å²) >= 11 is 3.50. The third-order valence-corrected chi connectivity index (χ3v) is 5.76. The molecule has 0 bridgehead atoms. The molecule has 1 amide bonds. The Morgan fingerprint density at radius 1 is 1.06 bits per heavy atom. The molecule has 1 N–H and O–H groups in total. The minimum Gasteiger partial charge on any atom is -0.491 e. The average molecular weight is 496 g/mol. The number of fused-ring (bicyclic) bond motifs is 3. The van der Waals surface area contributed by atoms with Crippen LogP contribution in [0.4, 0.5) is 0 Å². The van der Waals surface area contributed by atoms with Gasteiger partial charge in [0.2, 0.25) is 5.91 Å². The zero-order valence-corrected chi connectivity index (χ0v) is 19.8. The summed E-state index contributed by atoms with van der Waals surface area (Å²) in [6.07, 6.45) is 2.95. The molecule has 0 spiro atoms. The number of hydrogen-bond acceptors (Lipinski definition) is 3. The van der Waals surface area contributed by atoms with E-state index in [2.05, 4.69) is 21.2 Å². The fourth-order valence-corrected chi connectivity index (χ4v) is 4.15. The van der Waals surface area contributed by atoms with Gasteiger partial charge in [-0.2, -0.15) is 0 Å². The first-order chi connectivity index (χ1) is 15.4. The van der Waals surface area contributed by atoms with Crippen molar-refractivity contribution in [2.45, 2.75) is 45.9 Å². The molecule has 4 aromatic rings. The van der Waals surface area contributed by atoms with Crippen LogP contribution in [0.1, 0.15) is 32.3 Å². The quantitative estimate of drug-likeness (QED) is 0.378. The Bertz CT molecular complexity index is 1310. The van der Waals surface area contributed by atoms with E-state index in [4.69, 9.17) is 4.74 Å². The average Bonchev–Trinajstić information content (AvgIpc) is 3.25. The molecule has 0 aliphatic rings. The van der Waals surface area contributed by atoms with Crippen LogP contribution in [0.15, 0.2) is 70.1 Å². The maximum absolute atomic E-state index is 13.0. The van der Waals surface area contributed by atoms with E-state index < -0.39 is 0 Å². The summed E-state index contributed by atoms with van der Waals surface area (Å²) in [7, 11) is 0. The Labute approximate surface area is 194 Å². The molecule has 166 valence electrons. The Morgan fingerprint density at radius 3 is 2.59 bits per heavy atom. The van der Waals surface area contributed by atoms with E-state index in [1.54, 1.807) is 4.57 Å². The maximum Gasteiger partial charge on any atom is 0.275 e. The molecule has 0 aliphatic heterocycles. The molecule has 0 aliphatic carbocycles. The summed E-state index contributed by atoms with van der Waals surface area (Å²) in [5, 5.41) is 2.95. The van der Waals surface area contributed by atoms with Gasteiger partial charge in [-0.05, 0) is 68.3 Å². The predicted octanol–water partition coefficient (Wildman–Crippen LogP) is 4.90. The molecule has 0 atom stereocenters. The molecule has 2 aromatic carbocycles. The van der Waals surface area contributed by atoms with Gasteiger partial charge < -0.3 is 19.0 Å². The molecular formula is C25H26BrN3O3. The molecule has 2 heterocycles. The third-order valence-electron chi connectivity index (χ3n) is 5.27. The molecule has 7 heteroatoms. The summed E-state index contributed by atoms with van der Waals surface area (Å²) in [5.74, 6) is 0.786. The molecule has 0 fully saturated rings. The van der Waals surface area contributed by atoms with Crippen LogP contribution < -0.4 is 15.6 Å².